The number of rotatable bonds is 8. The zero-order valence-electron chi connectivity index (χ0n) is 36.8. The van der Waals surface area contributed by atoms with E-state index in [9.17, 15) is 19.2 Å². The topological polar surface area (TPSA) is 81.2 Å². The van der Waals surface area contributed by atoms with Crippen molar-refractivity contribution in [3.63, 3.8) is 0 Å². The van der Waals surface area contributed by atoms with Crippen molar-refractivity contribution in [1.82, 2.24) is 0 Å². The molecule has 0 N–H and O–H groups in total. The largest absolute Gasteiger partial charge is 0.311 e. The highest BCUT2D eigenvalue weighted by atomic mass is 79.9. The van der Waals surface area contributed by atoms with E-state index in [1.807, 2.05) is 182 Å². The van der Waals surface area contributed by atoms with Gasteiger partial charge in [0.1, 0.15) is 0 Å². The second-order valence-corrected chi connectivity index (χ2v) is 19.0. The van der Waals surface area contributed by atoms with Crippen LogP contribution in [0.4, 0.5) is 45.5 Å². The van der Waals surface area contributed by atoms with Gasteiger partial charge in [0.2, 0.25) is 0 Å². The third-order valence-electron chi connectivity index (χ3n) is 13.5. The van der Waals surface area contributed by atoms with Crippen LogP contribution in [0.15, 0.2) is 215 Å². The molecule has 0 bridgehead atoms. The zero-order valence-corrected chi connectivity index (χ0v) is 40.0. The highest BCUT2D eigenvalue weighted by Gasteiger charge is 2.39. The molecule has 0 aromatic heterocycles. The van der Waals surface area contributed by atoms with Crippen LogP contribution in [0.25, 0.3) is 43.1 Å². The van der Waals surface area contributed by atoms with Gasteiger partial charge < -0.3 is 9.80 Å². The van der Waals surface area contributed by atoms with E-state index in [1.165, 1.54) is 9.80 Å². The number of carbonyl (C=O) groups is 4. The molecule has 0 saturated heterocycles. The summed E-state index contributed by atoms with van der Waals surface area (Å²) in [6.07, 6.45) is 0. The van der Waals surface area contributed by atoms with E-state index in [-0.39, 0.29) is 0 Å². The number of amides is 4. The van der Waals surface area contributed by atoms with Crippen LogP contribution in [-0.4, -0.2) is 23.6 Å². The normalized spacial score (nSPS) is 13.3. The lowest BCUT2D eigenvalue weighted by Gasteiger charge is -2.31. The quantitative estimate of drug-likeness (QED) is 0.0857. The number of hydrogen-bond acceptors (Lipinski definition) is 6. The SMILES string of the molecule is O=C1c2ccc3c4c(Br)cc5c6c(ccc(c7c(Br)cc(c2c37)C(=O)N1c1ccc(N(c2ccccc2)c2ccccc2)cc1)c64)C(=O)N(c1ccc(N(c2ccccc2)c2ccccc2)cc1)C5=O. The van der Waals surface area contributed by atoms with E-state index in [0.29, 0.717) is 53.3 Å². The Labute approximate surface area is 417 Å². The fourth-order valence-electron chi connectivity index (χ4n) is 10.5. The summed E-state index contributed by atoms with van der Waals surface area (Å²) in [5, 5.41) is 5.71. The number of para-hydroxylation sites is 4. The number of hydrogen-bond donors (Lipinski definition) is 0. The second kappa shape index (κ2) is 16.1. The molecule has 2 aliphatic heterocycles. The molecular weight excluding hydrogens is 1000 g/mol. The van der Waals surface area contributed by atoms with Crippen LogP contribution in [0.1, 0.15) is 41.4 Å². The van der Waals surface area contributed by atoms with Gasteiger partial charge in [-0.15, -0.1) is 0 Å². The summed E-state index contributed by atoms with van der Waals surface area (Å²) in [5.41, 5.74) is 8.06. The molecule has 2 aliphatic rings. The summed E-state index contributed by atoms with van der Waals surface area (Å²) in [5.74, 6) is -1.74. The first kappa shape index (κ1) is 41.7. The third kappa shape index (κ3) is 6.20. The van der Waals surface area contributed by atoms with Crippen molar-refractivity contribution < 1.29 is 19.2 Å². The van der Waals surface area contributed by atoms with E-state index in [0.717, 1.165) is 66.4 Å². The maximum atomic E-state index is 14.8. The smallest absolute Gasteiger partial charge is 0.266 e. The lowest BCUT2D eigenvalue weighted by Crippen LogP contribution is -2.40. The summed E-state index contributed by atoms with van der Waals surface area (Å²) in [7, 11) is 0. The lowest BCUT2D eigenvalue weighted by molar-refractivity contribution is 0.0877. The number of benzene rings is 11. The Morgan fingerprint density at radius 2 is 0.571 bits per heavy atom. The van der Waals surface area contributed by atoms with Crippen LogP contribution >= 0.6 is 31.9 Å². The van der Waals surface area contributed by atoms with Crippen molar-refractivity contribution >= 4 is 144 Å². The first-order chi connectivity index (χ1) is 34.3. The van der Waals surface area contributed by atoms with Crippen LogP contribution < -0.4 is 19.6 Å². The monoisotopic (exact) mass is 1030 g/mol. The maximum Gasteiger partial charge on any atom is 0.266 e. The molecule has 332 valence electrons. The molecule has 0 unspecified atom stereocenters. The number of fused-ring (bicyclic) bond motifs is 2. The molecule has 4 amide bonds. The minimum Gasteiger partial charge on any atom is -0.311 e. The number of carbonyl (C=O) groups excluding carboxylic acids is 4. The number of anilines is 8. The molecule has 0 atom stereocenters. The molecule has 70 heavy (non-hydrogen) atoms. The number of halogens is 2. The predicted octanol–water partition coefficient (Wildman–Crippen LogP) is 15.8. The number of imide groups is 2. The minimum absolute atomic E-state index is 0.384. The highest BCUT2D eigenvalue weighted by molar-refractivity contribution is 9.11. The van der Waals surface area contributed by atoms with Crippen LogP contribution in [0.5, 0.6) is 0 Å². The van der Waals surface area contributed by atoms with Crippen molar-refractivity contribution in [3.8, 4) is 0 Å². The second-order valence-electron chi connectivity index (χ2n) is 17.3. The van der Waals surface area contributed by atoms with E-state index >= 15 is 0 Å². The average molecular weight is 1030 g/mol. The van der Waals surface area contributed by atoms with Gasteiger partial charge in [0.05, 0.1) is 22.5 Å². The molecule has 2 heterocycles. The van der Waals surface area contributed by atoms with Crippen molar-refractivity contribution in [3.05, 3.63) is 237 Å². The van der Waals surface area contributed by atoms with E-state index in [4.69, 9.17) is 0 Å². The average Bonchev–Trinajstić information content (AvgIpc) is 3.40. The lowest BCUT2D eigenvalue weighted by atomic mass is 9.82. The van der Waals surface area contributed by atoms with Gasteiger partial charge in [0.25, 0.3) is 23.6 Å². The summed E-state index contributed by atoms with van der Waals surface area (Å²) in [6.45, 7) is 0. The number of nitrogens with zero attached hydrogens (tertiary/aromatic N) is 4. The van der Waals surface area contributed by atoms with Gasteiger partial charge in [0, 0.05) is 86.5 Å². The predicted molar refractivity (Wildman–Crippen MR) is 288 cm³/mol. The first-order valence-electron chi connectivity index (χ1n) is 22.6. The summed E-state index contributed by atoms with van der Waals surface area (Å²) in [6, 6.07) is 66.0. The van der Waals surface area contributed by atoms with Gasteiger partial charge in [0.15, 0.2) is 0 Å². The van der Waals surface area contributed by atoms with E-state index < -0.39 is 23.6 Å². The maximum absolute atomic E-state index is 14.8. The molecule has 8 nitrogen and oxygen atoms in total. The van der Waals surface area contributed by atoms with Gasteiger partial charge in [-0.25, -0.2) is 9.80 Å². The third-order valence-corrected chi connectivity index (χ3v) is 14.8. The van der Waals surface area contributed by atoms with Gasteiger partial charge in [-0.1, -0.05) is 117 Å². The first-order valence-corrected chi connectivity index (χ1v) is 24.2. The van der Waals surface area contributed by atoms with Crippen molar-refractivity contribution in [2.24, 2.45) is 0 Å². The van der Waals surface area contributed by atoms with Crippen molar-refractivity contribution in [2.45, 2.75) is 0 Å². The summed E-state index contributed by atoms with van der Waals surface area (Å²) >= 11 is 7.74. The Hall–Kier alpha value is -8.44. The molecule has 11 aromatic carbocycles. The summed E-state index contributed by atoms with van der Waals surface area (Å²) < 4.78 is 1.29. The standard InChI is InChI=1S/C60H34Br2N4O4/c61-49-33-47-51-45(57(67)65(59(47)69)41-25-21-39(22-26-41)63(35-13-5-1-6-14-35)36-15-7-2-8-16-36)31-29-43-54-50(62)34-48-52-46(32-30-44(56(52)54)53(49)55(43)51)58(68)66(60(48)70)42-27-23-40(24-28-42)64(37-17-9-3-10-18-37)38-19-11-4-12-20-38/h1-34H. The molecule has 0 aliphatic carbocycles. The molecule has 11 aromatic rings. The van der Waals surface area contributed by atoms with Crippen LogP contribution in [0, 0.1) is 0 Å². The Morgan fingerprint density at radius 3 is 0.886 bits per heavy atom. The van der Waals surface area contributed by atoms with Gasteiger partial charge >= 0.3 is 0 Å². The van der Waals surface area contributed by atoms with Crippen LogP contribution in [-0.2, 0) is 0 Å². The zero-order chi connectivity index (χ0) is 47.4. The van der Waals surface area contributed by atoms with Gasteiger partial charge in [-0.05, 0) is 132 Å². The van der Waals surface area contributed by atoms with E-state index in [1.54, 1.807) is 24.3 Å². The Balaban J connectivity index is 0.896. The Bertz CT molecular complexity index is 3640. The molecule has 10 heteroatoms. The fourth-order valence-corrected chi connectivity index (χ4v) is 11.8. The van der Waals surface area contributed by atoms with Gasteiger partial charge in [-0.2, -0.15) is 0 Å². The van der Waals surface area contributed by atoms with Crippen LogP contribution in [0.2, 0.25) is 0 Å². The Morgan fingerprint density at radius 1 is 0.286 bits per heavy atom. The molecule has 13 rings (SSSR count). The van der Waals surface area contributed by atoms with Crippen molar-refractivity contribution in [1.29, 1.82) is 0 Å². The van der Waals surface area contributed by atoms with Crippen molar-refractivity contribution in [2.75, 3.05) is 19.6 Å². The highest BCUT2D eigenvalue weighted by Crippen LogP contribution is 2.51. The van der Waals surface area contributed by atoms with Gasteiger partial charge in [-0.3, -0.25) is 19.2 Å². The molecule has 0 radical (unpaired) electrons. The molecule has 0 saturated carbocycles. The Kier molecular flexibility index (Phi) is 9.59. The molecule has 0 spiro atoms. The van der Waals surface area contributed by atoms with E-state index in [2.05, 4.69) is 41.7 Å². The minimum atomic E-state index is -0.440. The van der Waals surface area contributed by atoms with Crippen LogP contribution in [0.3, 0.4) is 0 Å². The molecular formula is C60H34Br2N4O4. The molecule has 0 fully saturated rings. The summed E-state index contributed by atoms with van der Waals surface area (Å²) in [4.78, 5) is 65.8. The fraction of sp³-hybridized carbons (Fsp3) is 0.